The van der Waals surface area contributed by atoms with Crippen LogP contribution >= 0.6 is 39.9 Å². The molecule has 0 spiro atoms. The largest absolute Gasteiger partial charge is 0.492 e. The van der Waals surface area contributed by atoms with Crippen LogP contribution in [0.1, 0.15) is 20.8 Å². The van der Waals surface area contributed by atoms with Gasteiger partial charge in [0, 0.05) is 17.1 Å². The highest BCUT2D eigenvalue weighted by Crippen LogP contribution is 2.15. The predicted octanol–water partition coefficient (Wildman–Crippen LogP) is 3.41. The van der Waals surface area contributed by atoms with Gasteiger partial charge in [0.25, 0.3) is 0 Å². The summed E-state index contributed by atoms with van der Waals surface area (Å²) >= 11 is 3.39. The van der Waals surface area contributed by atoms with Gasteiger partial charge in [0.15, 0.2) is 5.96 Å². The Kier molecular flexibility index (Phi) is 9.20. The minimum absolute atomic E-state index is 0. The molecule has 1 aromatic carbocycles. The molecular formula is C14H23BrIN3O. The van der Waals surface area contributed by atoms with Gasteiger partial charge in [-0.05, 0) is 45.0 Å². The van der Waals surface area contributed by atoms with E-state index in [4.69, 9.17) is 4.74 Å². The monoisotopic (exact) mass is 455 g/mol. The lowest BCUT2D eigenvalue weighted by Crippen LogP contribution is -2.48. The molecule has 0 bridgehead atoms. The first-order chi connectivity index (χ1) is 8.90. The Balaban J connectivity index is 0.00000361. The van der Waals surface area contributed by atoms with E-state index in [1.54, 1.807) is 7.05 Å². The fourth-order valence-electron chi connectivity index (χ4n) is 1.40. The molecule has 0 aliphatic carbocycles. The fourth-order valence-corrected chi connectivity index (χ4v) is 1.67. The van der Waals surface area contributed by atoms with Gasteiger partial charge in [-0.15, -0.1) is 24.0 Å². The Bertz CT molecular complexity index is 415. The van der Waals surface area contributed by atoms with Gasteiger partial charge in [-0.2, -0.15) is 0 Å². The van der Waals surface area contributed by atoms with Crippen LogP contribution in [0.2, 0.25) is 0 Å². The topological polar surface area (TPSA) is 45.7 Å². The molecule has 0 aromatic heterocycles. The normalized spacial score (nSPS) is 11.6. The van der Waals surface area contributed by atoms with Crippen LogP contribution in [0, 0.1) is 0 Å². The number of rotatable bonds is 4. The van der Waals surface area contributed by atoms with Crippen molar-refractivity contribution in [3.63, 3.8) is 0 Å². The molecule has 0 aliphatic rings. The van der Waals surface area contributed by atoms with E-state index in [0.29, 0.717) is 13.2 Å². The smallest absolute Gasteiger partial charge is 0.191 e. The maximum absolute atomic E-state index is 5.62. The zero-order chi connectivity index (χ0) is 14.3. The number of aliphatic imine (C=N–C) groups is 1. The average Bonchev–Trinajstić information content (AvgIpc) is 2.34. The molecular weight excluding hydrogens is 433 g/mol. The predicted molar refractivity (Wildman–Crippen MR) is 99.3 cm³/mol. The number of halogens is 2. The maximum atomic E-state index is 5.62. The van der Waals surface area contributed by atoms with Gasteiger partial charge in [0.05, 0.1) is 6.54 Å². The third-order valence-corrected chi connectivity index (χ3v) is 2.72. The third kappa shape index (κ3) is 8.63. The molecule has 0 saturated carbocycles. The summed E-state index contributed by atoms with van der Waals surface area (Å²) in [5.41, 5.74) is -0.00555. The van der Waals surface area contributed by atoms with E-state index in [1.807, 2.05) is 24.3 Å². The van der Waals surface area contributed by atoms with Crippen LogP contribution in [0.4, 0.5) is 0 Å². The highest BCUT2D eigenvalue weighted by molar-refractivity contribution is 14.0. The van der Waals surface area contributed by atoms with Gasteiger partial charge in [-0.3, -0.25) is 4.99 Å². The highest BCUT2D eigenvalue weighted by Gasteiger charge is 2.11. The zero-order valence-corrected chi connectivity index (χ0v) is 16.3. The van der Waals surface area contributed by atoms with Gasteiger partial charge in [-0.1, -0.05) is 15.9 Å². The second-order valence-corrected chi connectivity index (χ2v) is 6.09. The molecule has 1 aromatic rings. The van der Waals surface area contributed by atoms with Crippen LogP contribution in [-0.4, -0.2) is 31.7 Å². The molecule has 6 heteroatoms. The number of hydrogen-bond donors (Lipinski definition) is 2. The van der Waals surface area contributed by atoms with Crippen LogP contribution in [0.25, 0.3) is 0 Å². The van der Waals surface area contributed by atoms with Gasteiger partial charge in [-0.25, -0.2) is 0 Å². The Morgan fingerprint density at radius 3 is 2.35 bits per heavy atom. The Morgan fingerprint density at radius 1 is 1.25 bits per heavy atom. The third-order valence-electron chi connectivity index (χ3n) is 2.19. The van der Waals surface area contributed by atoms with Crippen molar-refractivity contribution in [2.45, 2.75) is 26.3 Å². The summed E-state index contributed by atoms with van der Waals surface area (Å²) in [7, 11) is 1.76. The molecule has 4 nitrogen and oxygen atoms in total. The van der Waals surface area contributed by atoms with E-state index in [0.717, 1.165) is 16.2 Å². The van der Waals surface area contributed by atoms with E-state index in [-0.39, 0.29) is 29.5 Å². The first-order valence-corrected chi connectivity index (χ1v) is 7.07. The van der Waals surface area contributed by atoms with Crippen molar-refractivity contribution in [1.82, 2.24) is 10.6 Å². The number of ether oxygens (including phenoxy) is 1. The summed E-state index contributed by atoms with van der Waals surface area (Å²) in [5.74, 6) is 1.65. The standard InChI is InChI=1S/C14H22BrN3O.HI/c1-14(2,3)18-13(16-4)17-9-10-19-12-7-5-11(15)6-8-12;/h5-8H,9-10H2,1-4H3,(H2,16,17,18);1H. The molecule has 0 aliphatic heterocycles. The summed E-state index contributed by atoms with van der Waals surface area (Å²) in [6, 6.07) is 7.80. The fraction of sp³-hybridized carbons (Fsp3) is 0.500. The van der Waals surface area contributed by atoms with E-state index in [1.165, 1.54) is 0 Å². The summed E-state index contributed by atoms with van der Waals surface area (Å²) in [6.07, 6.45) is 0. The van der Waals surface area contributed by atoms with Gasteiger partial charge < -0.3 is 15.4 Å². The highest BCUT2D eigenvalue weighted by atomic mass is 127. The first-order valence-electron chi connectivity index (χ1n) is 6.28. The molecule has 0 unspecified atom stereocenters. The molecule has 114 valence electrons. The quantitative estimate of drug-likeness (QED) is 0.316. The summed E-state index contributed by atoms with van der Waals surface area (Å²) in [6.45, 7) is 7.58. The molecule has 2 N–H and O–H groups in total. The molecule has 0 fully saturated rings. The van der Waals surface area contributed by atoms with Crippen LogP contribution in [0.3, 0.4) is 0 Å². The van der Waals surface area contributed by atoms with Crippen molar-refractivity contribution in [3.8, 4) is 5.75 Å². The second kappa shape index (κ2) is 9.44. The van der Waals surface area contributed by atoms with E-state index >= 15 is 0 Å². The van der Waals surface area contributed by atoms with Crippen molar-refractivity contribution in [3.05, 3.63) is 28.7 Å². The SMILES string of the molecule is CN=C(NCCOc1ccc(Br)cc1)NC(C)(C)C.I. The summed E-state index contributed by atoms with van der Waals surface area (Å²) in [4.78, 5) is 4.16. The maximum Gasteiger partial charge on any atom is 0.191 e. The number of benzene rings is 1. The molecule has 0 radical (unpaired) electrons. The van der Waals surface area contributed by atoms with Gasteiger partial charge in [0.1, 0.15) is 12.4 Å². The molecule has 0 heterocycles. The van der Waals surface area contributed by atoms with Crippen LogP contribution in [0.15, 0.2) is 33.7 Å². The van der Waals surface area contributed by atoms with Crippen LogP contribution in [-0.2, 0) is 0 Å². The van der Waals surface area contributed by atoms with Crippen molar-refractivity contribution in [1.29, 1.82) is 0 Å². The number of nitrogens with one attached hydrogen (secondary N) is 2. The van der Waals surface area contributed by atoms with Crippen LogP contribution in [0.5, 0.6) is 5.75 Å². The van der Waals surface area contributed by atoms with E-state index in [2.05, 4.69) is 52.3 Å². The molecule has 0 atom stereocenters. The number of nitrogens with zero attached hydrogens (tertiary/aromatic N) is 1. The molecule has 20 heavy (non-hydrogen) atoms. The number of guanidine groups is 1. The lowest BCUT2D eigenvalue weighted by molar-refractivity contribution is 0.321. The Morgan fingerprint density at radius 2 is 1.85 bits per heavy atom. The van der Waals surface area contributed by atoms with Crippen molar-refractivity contribution >= 4 is 45.9 Å². The van der Waals surface area contributed by atoms with E-state index < -0.39 is 0 Å². The minimum Gasteiger partial charge on any atom is -0.492 e. The summed E-state index contributed by atoms with van der Waals surface area (Å²) < 4.78 is 6.67. The van der Waals surface area contributed by atoms with Gasteiger partial charge >= 0.3 is 0 Å². The van der Waals surface area contributed by atoms with Crippen molar-refractivity contribution in [2.24, 2.45) is 4.99 Å². The Hall–Kier alpha value is -0.500. The average molecular weight is 456 g/mol. The molecule has 0 saturated heterocycles. The van der Waals surface area contributed by atoms with Crippen molar-refractivity contribution in [2.75, 3.05) is 20.2 Å². The lowest BCUT2D eigenvalue weighted by Gasteiger charge is -2.23. The molecule has 1 rings (SSSR count). The summed E-state index contributed by atoms with van der Waals surface area (Å²) in [5, 5.41) is 6.50. The van der Waals surface area contributed by atoms with E-state index in [9.17, 15) is 0 Å². The first kappa shape index (κ1) is 19.5. The van der Waals surface area contributed by atoms with Crippen molar-refractivity contribution < 1.29 is 4.74 Å². The molecule has 0 amide bonds. The Labute approximate surface area is 146 Å². The lowest BCUT2D eigenvalue weighted by atomic mass is 10.1. The minimum atomic E-state index is -0.00555. The van der Waals surface area contributed by atoms with Crippen LogP contribution < -0.4 is 15.4 Å². The zero-order valence-electron chi connectivity index (χ0n) is 12.4. The van der Waals surface area contributed by atoms with Gasteiger partial charge in [0.2, 0.25) is 0 Å². The second-order valence-electron chi connectivity index (χ2n) is 5.18. The number of hydrogen-bond acceptors (Lipinski definition) is 2.